The fourth-order valence-corrected chi connectivity index (χ4v) is 4.20. The summed E-state index contributed by atoms with van der Waals surface area (Å²) in [6, 6.07) is 13.8. The number of fused-ring (bicyclic) bond motifs is 2. The number of hydrogen-bond donors (Lipinski definition) is 2. The monoisotopic (exact) mass is 375 g/mol. The number of para-hydroxylation sites is 2. The first-order valence-corrected chi connectivity index (χ1v) is 9.55. The van der Waals surface area contributed by atoms with Gasteiger partial charge in [0, 0.05) is 24.5 Å². The molecule has 1 saturated heterocycles. The van der Waals surface area contributed by atoms with E-state index >= 15 is 0 Å². The molecule has 0 radical (unpaired) electrons. The van der Waals surface area contributed by atoms with Crippen molar-refractivity contribution in [1.29, 1.82) is 0 Å². The van der Waals surface area contributed by atoms with Crippen LogP contribution in [0.3, 0.4) is 0 Å². The van der Waals surface area contributed by atoms with Gasteiger partial charge < -0.3 is 9.88 Å². The fraction of sp³-hybridized carbons (Fsp3) is 0.286. The summed E-state index contributed by atoms with van der Waals surface area (Å²) in [5.41, 5.74) is 4.13. The highest BCUT2D eigenvalue weighted by Gasteiger charge is 2.28. The lowest BCUT2D eigenvalue weighted by Crippen LogP contribution is -2.40. The molecule has 1 fully saturated rings. The highest BCUT2D eigenvalue weighted by Crippen LogP contribution is 2.26. The smallest absolute Gasteiger partial charge is 0.326 e. The summed E-state index contributed by atoms with van der Waals surface area (Å²) in [7, 11) is 0. The Labute approximate surface area is 161 Å². The zero-order chi connectivity index (χ0) is 19.3. The Morgan fingerprint density at radius 1 is 1.11 bits per heavy atom. The van der Waals surface area contributed by atoms with E-state index < -0.39 is 0 Å². The van der Waals surface area contributed by atoms with E-state index in [1.165, 1.54) is 0 Å². The van der Waals surface area contributed by atoms with Crippen molar-refractivity contribution in [2.75, 3.05) is 13.1 Å². The van der Waals surface area contributed by atoms with Crippen molar-refractivity contribution < 1.29 is 4.79 Å². The van der Waals surface area contributed by atoms with Gasteiger partial charge in [0.05, 0.1) is 16.6 Å². The van der Waals surface area contributed by atoms with Crippen LogP contribution < -0.4 is 5.69 Å². The predicted octanol–water partition coefficient (Wildman–Crippen LogP) is 2.99. The van der Waals surface area contributed by atoms with Gasteiger partial charge in [0.15, 0.2) is 5.69 Å². The first-order valence-electron chi connectivity index (χ1n) is 9.55. The van der Waals surface area contributed by atoms with Crippen molar-refractivity contribution in [3.63, 3.8) is 0 Å². The predicted molar refractivity (Wildman–Crippen MR) is 108 cm³/mol. The van der Waals surface area contributed by atoms with Crippen LogP contribution >= 0.6 is 0 Å². The average molecular weight is 375 g/mol. The van der Waals surface area contributed by atoms with E-state index in [0.29, 0.717) is 18.8 Å². The van der Waals surface area contributed by atoms with Crippen molar-refractivity contribution in [2.24, 2.45) is 0 Å². The minimum atomic E-state index is -0.0836. The Morgan fingerprint density at radius 2 is 1.89 bits per heavy atom. The van der Waals surface area contributed by atoms with Gasteiger partial charge in [-0.05, 0) is 44.0 Å². The summed E-state index contributed by atoms with van der Waals surface area (Å²) < 4.78 is 1.84. The Kier molecular flexibility index (Phi) is 3.82. The van der Waals surface area contributed by atoms with Crippen LogP contribution in [-0.2, 0) is 0 Å². The van der Waals surface area contributed by atoms with E-state index in [4.69, 9.17) is 0 Å². The molecule has 0 aliphatic carbocycles. The number of imidazole rings is 1. The number of nitrogens with one attached hydrogen (secondary N) is 2. The first-order chi connectivity index (χ1) is 13.6. The number of likely N-dealkylation sites (tertiary alicyclic amines) is 1. The molecule has 7 heteroatoms. The van der Waals surface area contributed by atoms with Crippen molar-refractivity contribution >= 4 is 27.8 Å². The zero-order valence-corrected chi connectivity index (χ0v) is 15.6. The molecule has 1 amide bonds. The number of carbonyl (C=O) groups is 1. The number of aromatic amines is 2. The first kappa shape index (κ1) is 16.8. The van der Waals surface area contributed by atoms with Crippen LogP contribution in [0.2, 0.25) is 0 Å². The summed E-state index contributed by atoms with van der Waals surface area (Å²) in [6.45, 7) is 3.22. The van der Waals surface area contributed by atoms with Crippen LogP contribution in [0.1, 0.15) is 34.9 Å². The van der Waals surface area contributed by atoms with Gasteiger partial charge in [-0.2, -0.15) is 5.10 Å². The normalized spacial score (nSPS) is 15.5. The molecule has 1 aliphatic heterocycles. The minimum Gasteiger partial charge on any atom is -0.337 e. The minimum absolute atomic E-state index is 0.0541. The average Bonchev–Trinajstić information content (AvgIpc) is 3.27. The van der Waals surface area contributed by atoms with Gasteiger partial charge in [-0.1, -0.05) is 23.8 Å². The van der Waals surface area contributed by atoms with Gasteiger partial charge in [-0.3, -0.25) is 14.5 Å². The molecule has 1 aliphatic rings. The number of hydrogen-bond acceptors (Lipinski definition) is 3. The summed E-state index contributed by atoms with van der Waals surface area (Å²) in [5.74, 6) is -0.0541. The Hall–Kier alpha value is -3.35. The van der Waals surface area contributed by atoms with Gasteiger partial charge in [0.2, 0.25) is 0 Å². The second kappa shape index (κ2) is 6.37. The second-order valence-electron chi connectivity index (χ2n) is 7.46. The van der Waals surface area contributed by atoms with Crippen LogP contribution in [0.25, 0.3) is 21.9 Å². The number of piperidine rings is 1. The molecule has 0 unspecified atom stereocenters. The molecule has 28 heavy (non-hydrogen) atoms. The number of H-pyrrole nitrogens is 2. The standard InChI is InChI=1S/C21H21N5O2/c1-13-6-7-16-15(12-13)19(24-23-16)20(27)25-10-8-14(9-11-25)26-18-5-3-2-4-17(18)22-21(26)28/h2-7,12,14H,8-11H2,1H3,(H,22,28)(H,23,24). The molecular formula is C21H21N5O2. The lowest BCUT2D eigenvalue weighted by atomic mass is 10.0. The summed E-state index contributed by atoms with van der Waals surface area (Å²) >= 11 is 0. The highest BCUT2D eigenvalue weighted by molar-refractivity contribution is 6.04. The van der Waals surface area contributed by atoms with Crippen molar-refractivity contribution in [1.82, 2.24) is 24.6 Å². The Balaban J connectivity index is 1.38. The molecule has 0 atom stereocenters. The zero-order valence-electron chi connectivity index (χ0n) is 15.6. The van der Waals surface area contributed by atoms with Gasteiger partial charge in [-0.25, -0.2) is 4.79 Å². The fourth-order valence-electron chi connectivity index (χ4n) is 4.20. The third kappa shape index (κ3) is 2.62. The maximum atomic E-state index is 13.0. The Morgan fingerprint density at radius 3 is 2.71 bits per heavy atom. The van der Waals surface area contributed by atoms with Crippen molar-refractivity contribution in [3.8, 4) is 0 Å². The van der Waals surface area contributed by atoms with Crippen LogP contribution in [0.15, 0.2) is 47.3 Å². The SMILES string of the molecule is Cc1ccc2[nH]nc(C(=O)N3CCC(n4c(=O)[nH]c5ccccc54)CC3)c2c1. The number of carbonyl (C=O) groups excluding carboxylic acids is 1. The maximum absolute atomic E-state index is 13.0. The summed E-state index contributed by atoms with van der Waals surface area (Å²) in [4.78, 5) is 30.2. The van der Waals surface area contributed by atoms with Crippen LogP contribution in [0.4, 0.5) is 0 Å². The van der Waals surface area contributed by atoms with E-state index in [2.05, 4.69) is 15.2 Å². The Bertz CT molecular complexity index is 1240. The molecule has 2 N–H and O–H groups in total. The van der Waals surface area contributed by atoms with E-state index in [0.717, 1.165) is 40.3 Å². The van der Waals surface area contributed by atoms with Crippen LogP contribution in [0, 0.1) is 6.92 Å². The van der Waals surface area contributed by atoms with E-state index in [9.17, 15) is 9.59 Å². The number of rotatable bonds is 2. The lowest BCUT2D eigenvalue weighted by Gasteiger charge is -2.32. The van der Waals surface area contributed by atoms with Gasteiger partial charge in [-0.15, -0.1) is 0 Å². The molecule has 2 aromatic heterocycles. The van der Waals surface area contributed by atoms with E-state index in [-0.39, 0.29) is 17.6 Å². The van der Waals surface area contributed by atoms with Gasteiger partial charge in [0.25, 0.3) is 5.91 Å². The molecule has 0 spiro atoms. The van der Waals surface area contributed by atoms with E-state index in [1.54, 1.807) is 0 Å². The molecule has 4 aromatic rings. The highest BCUT2D eigenvalue weighted by atomic mass is 16.2. The van der Waals surface area contributed by atoms with Crippen LogP contribution in [0.5, 0.6) is 0 Å². The molecule has 0 saturated carbocycles. The lowest BCUT2D eigenvalue weighted by molar-refractivity contribution is 0.0691. The number of aryl methyl sites for hydroxylation is 1. The third-order valence-corrected chi connectivity index (χ3v) is 5.66. The second-order valence-corrected chi connectivity index (χ2v) is 7.46. The summed E-state index contributed by atoms with van der Waals surface area (Å²) in [5, 5.41) is 8.07. The molecular weight excluding hydrogens is 354 g/mol. The topological polar surface area (TPSA) is 86.8 Å². The molecule has 2 aromatic carbocycles. The van der Waals surface area contributed by atoms with Crippen molar-refractivity contribution in [2.45, 2.75) is 25.8 Å². The number of benzene rings is 2. The quantitative estimate of drug-likeness (QED) is 0.565. The maximum Gasteiger partial charge on any atom is 0.326 e. The molecule has 5 rings (SSSR count). The van der Waals surface area contributed by atoms with Gasteiger partial charge >= 0.3 is 5.69 Å². The molecule has 142 valence electrons. The van der Waals surface area contributed by atoms with Crippen LogP contribution in [-0.4, -0.2) is 43.6 Å². The molecule has 7 nitrogen and oxygen atoms in total. The van der Waals surface area contributed by atoms with E-state index in [1.807, 2.05) is 58.9 Å². The van der Waals surface area contributed by atoms with Gasteiger partial charge in [0.1, 0.15) is 0 Å². The molecule has 3 heterocycles. The summed E-state index contributed by atoms with van der Waals surface area (Å²) in [6.07, 6.45) is 1.49. The molecule has 0 bridgehead atoms. The van der Waals surface area contributed by atoms with Crippen molar-refractivity contribution in [3.05, 3.63) is 64.2 Å². The number of amides is 1. The number of nitrogens with zero attached hydrogens (tertiary/aromatic N) is 3. The number of aromatic nitrogens is 4. The largest absolute Gasteiger partial charge is 0.337 e. The third-order valence-electron chi connectivity index (χ3n) is 5.66.